The SMILES string of the molecule is CCCCC(CC)CN1C(=O)c2ccc(O)c3c(C(=O)c4ccccc4O)ccc(c23)C1=O. The van der Waals surface area contributed by atoms with Gasteiger partial charge < -0.3 is 10.2 Å². The number of para-hydroxylation sites is 1. The van der Waals surface area contributed by atoms with Crippen molar-refractivity contribution in [3.8, 4) is 11.5 Å². The van der Waals surface area contributed by atoms with E-state index in [-0.39, 0.29) is 50.4 Å². The maximum atomic E-state index is 13.4. The summed E-state index contributed by atoms with van der Waals surface area (Å²) in [6.45, 7) is 4.51. The van der Waals surface area contributed by atoms with E-state index >= 15 is 0 Å². The highest BCUT2D eigenvalue weighted by Crippen LogP contribution is 2.39. The molecule has 1 aliphatic heterocycles. The van der Waals surface area contributed by atoms with Gasteiger partial charge in [0, 0.05) is 34.0 Å². The Hall–Kier alpha value is -3.67. The van der Waals surface area contributed by atoms with Crippen LogP contribution in [0, 0.1) is 5.92 Å². The molecule has 3 aromatic carbocycles. The monoisotopic (exact) mass is 445 g/mol. The van der Waals surface area contributed by atoms with Gasteiger partial charge in [0.05, 0.1) is 5.56 Å². The number of phenols is 2. The Morgan fingerprint density at radius 3 is 2.15 bits per heavy atom. The summed E-state index contributed by atoms with van der Waals surface area (Å²) in [6.07, 6.45) is 3.89. The van der Waals surface area contributed by atoms with Crippen molar-refractivity contribution in [3.05, 3.63) is 70.8 Å². The molecule has 0 fully saturated rings. The van der Waals surface area contributed by atoms with E-state index in [1.807, 2.05) is 0 Å². The fourth-order valence-corrected chi connectivity index (χ4v) is 4.56. The second-order valence-corrected chi connectivity index (χ2v) is 8.53. The summed E-state index contributed by atoms with van der Waals surface area (Å²) in [6, 6.07) is 12.0. The Balaban J connectivity index is 1.83. The summed E-state index contributed by atoms with van der Waals surface area (Å²) in [7, 11) is 0. The molecule has 4 rings (SSSR count). The molecule has 0 aromatic heterocycles. The maximum Gasteiger partial charge on any atom is 0.261 e. The van der Waals surface area contributed by atoms with Crippen molar-refractivity contribution >= 4 is 28.4 Å². The molecule has 1 aliphatic rings. The minimum Gasteiger partial charge on any atom is -0.507 e. The van der Waals surface area contributed by atoms with Crippen LogP contribution in [0.2, 0.25) is 0 Å². The van der Waals surface area contributed by atoms with E-state index in [4.69, 9.17) is 0 Å². The second-order valence-electron chi connectivity index (χ2n) is 8.53. The molecule has 170 valence electrons. The third-order valence-electron chi connectivity index (χ3n) is 6.47. The standard InChI is InChI=1S/C27H27NO5/c1-3-5-8-16(4-2)15-28-26(32)19-12-11-18(25(31)17-9-6-7-10-21(17)29)24-22(30)14-13-20(23(19)24)27(28)33/h6-7,9-14,16,29-30H,3-5,8,15H2,1-2H3. The number of unbranched alkanes of at least 4 members (excludes halogenated alkanes) is 1. The number of hydrogen-bond acceptors (Lipinski definition) is 5. The zero-order chi connectivity index (χ0) is 23.7. The van der Waals surface area contributed by atoms with Crippen molar-refractivity contribution in [3.63, 3.8) is 0 Å². The summed E-state index contributed by atoms with van der Waals surface area (Å²) >= 11 is 0. The quantitative estimate of drug-likeness (QED) is 0.363. The molecule has 0 bridgehead atoms. The number of carbonyl (C=O) groups is 3. The lowest BCUT2D eigenvalue weighted by molar-refractivity contribution is 0.0579. The largest absolute Gasteiger partial charge is 0.507 e. The van der Waals surface area contributed by atoms with Gasteiger partial charge in [-0.05, 0) is 48.7 Å². The predicted octanol–water partition coefficient (Wildman–Crippen LogP) is 5.29. The predicted molar refractivity (Wildman–Crippen MR) is 126 cm³/mol. The van der Waals surface area contributed by atoms with Crippen molar-refractivity contribution in [1.82, 2.24) is 4.90 Å². The molecule has 6 nitrogen and oxygen atoms in total. The molecule has 1 unspecified atom stereocenters. The van der Waals surface area contributed by atoms with Crippen LogP contribution in [0.5, 0.6) is 11.5 Å². The van der Waals surface area contributed by atoms with Crippen LogP contribution < -0.4 is 0 Å². The number of hydrogen-bond donors (Lipinski definition) is 2. The van der Waals surface area contributed by atoms with Gasteiger partial charge in [-0.2, -0.15) is 0 Å². The first-order valence-corrected chi connectivity index (χ1v) is 11.4. The van der Waals surface area contributed by atoms with Crippen LogP contribution in [-0.2, 0) is 0 Å². The Morgan fingerprint density at radius 1 is 0.848 bits per heavy atom. The lowest BCUT2D eigenvalue weighted by Gasteiger charge is -2.30. The molecular formula is C27H27NO5. The normalized spacial score (nSPS) is 14.1. The number of imide groups is 1. The lowest BCUT2D eigenvalue weighted by Crippen LogP contribution is -2.43. The van der Waals surface area contributed by atoms with Crippen molar-refractivity contribution < 1.29 is 24.6 Å². The number of ketones is 1. The first-order chi connectivity index (χ1) is 15.9. The van der Waals surface area contributed by atoms with Crippen LogP contribution in [0.4, 0.5) is 0 Å². The van der Waals surface area contributed by atoms with Gasteiger partial charge in [0.1, 0.15) is 11.5 Å². The van der Waals surface area contributed by atoms with E-state index in [1.54, 1.807) is 12.1 Å². The van der Waals surface area contributed by atoms with E-state index in [1.165, 1.54) is 41.3 Å². The number of amides is 2. The number of nitrogens with zero attached hydrogens (tertiary/aromatic N) is 1. The van der Waals surface area contributed by atoms with Gasteiger partial charge in [0.25, 0.3) is 11.8 Å². The van der Waals surface area contributed by atoms with Crippen molar-refractivity contribution in [1.29, 1.82) is 0 Å². The molecule has 3 aromatic rings. The molecule has 0 saturated heterocycles. The number of aromatic hydroxyl groups is 2. The van der Waals surface area contributed by atoms with Gasteiger partial charge in [-0.25, -0.2) is 0 Å². The zero-order valence-electron chi connectivity index (χ0n) is 18.8. The second kappa shape index (κ2) is 9.06. The number of rotatable bonds is 8. The van der Waals surface area contributed by atoms with Crippen molar-refractivity contribution in [2.45, 2.75) is 39.5 Å². The smallest absolute Gasteiger partial charge is 0.261 e. The number of benzene rings is 3. The summed E-state index contributed by atoms with van der Waals surface area (Å²) in [4.78, 5) is 41.2. The molecule has 6 heteroatoms. The fourth-order valence-electron chi connectivity index (χ4n) is 4.56. The van der Waals surface area contributed by atoms with E-state index in [0.29, 0.717) is 6.54 Å². The van der Waals surface area contributed by atoms with E-state index in [9.17, 15) is 24.6 Å². The van der Waals surface area contributed by atoms with Gasteiger partial charge in [-0.15, -0.1) is 0 Å². The van der Waals surface area contributed by atoms with Crippen LogP contribution >= 0.6 is 0 Å². The van der Waals surface area contributed by atoms with E-state index < -0.39 is 17.6 Å². The highest BCUT2D eigenvalue weighted by Gasteiger charge is 2.36. The van der Waals surface area contributed by atoms with Crippen LogP contribution in [0.15, 0.2) is 48.5 Å². The van der Waals surface area contributed by atoms with Crippen LogP contribution in [0.1, 0.15) is 76.2 Å². The first kappa shape index (κ1) is 22.5. The highest BCUT2D eigenvalue weighted by molar-refractivity contribution is 6.29. The van der Waals surface area contributed by atoms with Crippen molar-refractivity contribution in [2.24, 2.45) is 5.92 Å². The first-order valence-electron chi connectivity index (χ1n) is 11.4. The molecule has 0 aliphatic carbocycles. The Morgan fingerprint density at radius 2 is 1.52 bits per heavy atom. The number of phenolic OH excluding ortho intramolecular Hbond substituents is 2. The van der Waals surface area contributed by atoms with Crippen LogP contribution in [0.3, 0.4) is 0 Å². The molecular weight excluding hydrogens is 418 g/mol. The average molecular weight is 446 g/mol. The third kappa shape index (κ3) is 3.86. The molecule has 2 amide bonds. The van der Waals surface area contributed by atoms with Gasteiger partial charge in [-0.1, -0.05) is 45.2 Å². The summed E-state index contributed by atoms with van der Waals surface area (Å²) < 4.78 is 0. The molecule has 0 radical (unpaired) electrons. The molecule has 1 heterocycles. The fraction of sp³-hybridized carbons (Fsp3) is 0.296. The molecule has 1 atom stereocenters. The van der Waals surface area contributed by atoms with E-state index in [2.05, 4.69) is 13.8 Å². The minimum atomic E-state index is -0.500. The van der Waals surface area contributed by atoms with Gasteiger partial charge in [0.2, 0.25) is 0 Å². The Kier molecular flexibility index (Phi) is 6.18. The summed E-state index contributed by atoms with van der Waals surface area (Å²) in [5, 5.41) is 21.2. The van der Waals surface area contributed by atoms with Crippen LogP contribution in [0.25, 0.3) is 10.8 Å². The molecule has 0 saturated carbocycles. The molecule has 33 heavy (non-hydrogen) atoms. The lowest BCUT2D eigenvalue weighted by atomic mass is 9.87. The Labute approximate surface area is 192 Å². The molecule has 2 N–H and O–H groups in total. The van der Waals surface area contributed by atoms with Gasteiger partial charge in [0.15, 0.2) is 5.78 Å². The van der Waals surface area contributed by atoms with Crippen molar-refractivity contribution in [2.75, 3.05) is 6.54 Å². The maximum absolute atomic E-state index is 13.4. The third-order valence-corrected chi connectivity index (χ3v) is 6.47. The van der Waals surface area contributed by atoms with Crippen LogP contribution in [-0.4, -0.2) is 39.3 Å². The topological polar surface area (TPSA) is 94.9 Å². The minimum absolute atomic E-state index is 0.0782. The zero-order valence-corrected chi connectivity index (χ0v) is 18.8. The molecule has 0 spiro atoms. The summed E-state index contributed by atoms with van der Waals surface area (Å²) in [5.41, 5.74) is 0.775. The average Bonchev–Trinajstić information content (AvgIpc) is 2.82. The summed E-state index contributed by atoms with van der Waals surface area (Å²) in [5.74, 6) is -1.50. The number of carbonyl (C=O) groups excluding carboxylic acids is 3. The van der Waals surface area contributed by atoms with E-state index in [0.717, 1.165) is 25.7 Å². The van der Waals surface area contributed by atoms with Gasteiger partial charge in [-0.3, -0.25) is 19.3 Å². The highest BCUT2D eigenvalue weighted by atomic mass is 16.3. The Bertz CT molecular complexity index is 1240. The van der Waals surface area contributed by atoms with Gasteiger partial charge >= 0.3 is 0 Å².